The maximum absolute atomic E-state index is 13.3. The Morgan fingerprint density at radius 1 is 1.07 bits per heavy atom. The molecule has 7 heteroatoms. The van der Waals surface area contributed by atoms with E-state index in [1.165, 1.54) is 12.1 Å². The first kappa shape index (κ1) is 19.9. The van der Waals surface area contributed by atoms with E-state index in [-0.39, 0.29) is 17.8 Å². The first-order valence-corrected chi connectivity index (χ1v) is 9.84. The van der Waals surface area contributed by atoms with E-state index in [2.05, 4.69) is 5.10 Å². The van der Waals surface area contributed by atoms with Crippen LogP contribution in [0.1, 0.15) is 34.9 Å². The summed E-state index contributed by atoms with van der Waals surface area (Å²) in [6.07, 6.45) is 1.79. The standard InChI is InChI=1S/C23H24FN3O3/c1-26-20(15-6-9-17(24)10-7-15)14-18(25-26)23(28)27-12-4-5-19(27)16-8-11-21(29-2)22(13-16)30-3/h6-11,13-14,19H,4-5,12H2,1-3H3/t19-/m0/s1. The fourth-order valence-electron chi connectivity index (χ4n) is 4.03. The first-order chi connectivity index (χ1) is 14.5. The minimum atomic E-state index is -0.299. The Labute approximate surface area is 174 Å². The number of ether oxygens (including phenoxy) is 2. The number of halogens is 1. The normalized spacial score (nSPS) is 16.0. The fraction of sp³-hybridized carbons (Fsp3) is 0.304. The Morgan fingerprint density at radius 2 is 1.80 bits per heavy atom. The lowest BCUT2D eigenvalue weighted by Crippen LogP contribution is -2.31. The van der Waals surface area contributed by atoms with Crippen LogP contribution in [-0.2, 0) is 7.05 Å². The summed E-state index contributed by atoms with van der Waals surface area (Å²) in [6, 6.07) is 13.6. The van der Waals surface area contributed by atoms with E-state index in [9.17, 15) is 9.18 Å². The quantitative estimate of drug-likeness (QED) is 0.633. The molecule has 1 amide bonds. The largest absolute Gasteiger partial charge is 0.493 e. The number of amides is 1. The van der Waals surface area contributed by atoms with Crippen molar-refractivity contribution in [1.29, 1.82) is 0 Å². The summed E-state index contributed by atoms with van der Waals surface area (Å²) in [6.45, 7) is 0.667. The smallest absolute Gasteiger partial charge is 0.274 e. The molecule has 1 aromatic heterocycles. The lowest BCUT2D eigenvalue weighted by molar-refractivity contribution is 0.0728. The number of hydrogen-bond acceptors (Lipinski definition) is 4. The Balaban J connectivity index is 1.61. The molecule has 0 aliphatic carbocycles. The molecular weight excluding hydrogens is 385 g/mol. The molecule has 1 aliphatic heterocycles. The fourth-order valence-corrected chi connectivity index (χ4v) is 4.03. The van der Waals surface area contributed by atoms with E-state index in [4.69, 9.17) is 9.47 Å². The SMILES string of the molecule is COc1ccc([C@@H]2CCCN2C(=O)c2cc(-c3ccc(F)cc3)n(C)n2)cc1OC. The molecule has 6 nitrogen and oxygen atoms in total. The molecule has 0 radical (unpaired) electrons. The third kappa shape index (κ3) is 3.63. The lowest BCUT2D eigenvalue weighted by Gasteiger charge is -2.25. The molecule has 1 saturated heterocycles. The maximum atomic E-state index is 13.3. The van der Waals surface area contributed by atoms with Gasteiger partial charge in [0.15, 0.2) is 17.2 Å². The number of methoxy groups -OCH3 is 2. The van der Waals surface area contributed by atoms with Crippen LogP contribution in [0.25, 0.3) is 11.3 Å². The molecule has 0 unspecified atom stereocenters. The topological polar surface area (TPSA) is 56.6 Å². The number of carbonyl (C=O) groups is 1. The van der Waals surface area contributed by atoms with Crippen molar-refractivity contribution in [2.24, 2.45) is 7.05 Å². The molecule has 2 heterocycles. The van der Waals surface area contributed by atoms with Crippen LogP contribution in [0.5, 0.6) is 11.5 Å². The molecule has 3 aromatic rings. The van der Waals surface area contributed by atoms with Crippen LogP contribution >= 0.6 is 0 Å². The van der Waals surface area contributed by atoms with Crippen LogP contribution in [0.4, 0.5) is 4.39 Å². The molecule has 1 atom stereocenters. The van der Waals surface area contributed by atoms with Crippen LogP contribution in [-0.4, -0.2) is 41.4 Å². The molecule has 156 valence electrons. The second kappa shape index (κ2) is 8.18. The second-order valence-corrected chi connectivity index (χ2v) is 7.32. The highest BCUT2D eigenvalue weighted by atomic mass is 19.1. The van der Waals surface area contributed by atoms with Crippen molar-refractivity contribution in [2.45, 2.75) is 18.9 Å². The molecule has 0 saturated carbocycles. The number of carbonyl (C=O) groups excluding carboxylic acids is 1. The van der Waals surface area contributed by atoms with Crippen LogP contribution in [0.2, 0.25) is 0 Å². The van der Waals surface area contributed by atoms with Gasteiger partial charge in [-0.2, -0.15) is 5.10 Å². The number of likely N-dealkylation sites (tertiary alicyclic amines) is 1. The summed E-state index contributed by atoms with van der Waals surface area (Å²) in [5.74, 6) is 0.889. The Morgan fingerprint density at radius 3 is 2.50 bits per heavy atom. The number of aryl methyl sites for hydroxylation is 1. The summed E-state index contributed by atoms with van der Waals surface area (Å²) in [7, 11) is 4.98. The van der Waals surface area contributed by atoms with E-state index in [0.717, 1.165) is 29.7 Å². The second-order valence-electron chi connectivity index (χ2n) is 7.32. The van der Waals surface area contributed by atoms with Crippen molar-refractivity contribution in [2.75, 3.05) is 20.8 Å². The van der Waals surface area contributed by atoms with Gasteiger partial charge in [-0.3, -0.25) is 9.48 Å². The maximum Gasteiger partial charge on any atom is 0.274 e. The van der Waals surface area contributed by atoms with Gasteiger partial charge >= 0.3 is 0 Å². The molecule has 0 bridgehead atoms. The van der Waals surface area contributed by atoms with Gasteiger partial charge in [0.25, 0.3) is 5.91 Å². The summed E-state index contributed by atoms with van der Waals surface area (Å²) >= 11 is 0. The van der Waals surface area contributed by atoms with Crippen LogP contribution < -0.4 is 9.47 Å². The van der Waals surface area contributed by atoms with E-state index < -0.39 is 0 Å². The van der Waals surface area contributed by atoms with E-state index in [1.54, 1.807) is 44.1 Å². The van der Waals surface area contributed by atoms with E-state index in [1.807, 2.05) is 23.1 Å². The van der Waals surface area contributed by atoms with Gasteiger partial charge in [0.05, 0.1) is 26.0 Å². The van der Waals surface area contributed by atoms with Crippen molar-refractivity contribution in [1.82, 2.24) is 14.7 Å². The Kier molecular flexibility index (Phi) is 5.44. The molecule has 4 rings (SSSR count). The first-order valence-electron chi connectivity index (χ1n) is 9.84. The molecule has 30 heavy (non-hydrogen) atoms. The van der Waals surface area contributed by atoms with Gasteiger partial charge in [0.2, 0.25) is 0 Å². The Bertz CT molecular complexity index is 1060. The van der Waals surface area contributed by atoms with Gasteiger partial charge in [0.1, 0.15) is 5.82 Å². The van der Waals surface area contributed by atoms with Crippen molar-refractivity contribution >= 4 is 5.91 Å². The zero-order valence-corrected chi connectivity index (χ0v) is 17.3. The molecular formula is C23H24FN3O3. The molecule has 0 N–H and O–H groups in total. The number of nitrogens with zero attached hydrogens (tertiary/aromatic N) is 3. The highest BCUT2D eigenvalue weighted by molar-refractivity contribution is 5.94. The average molecular weight is 409 g/mol. The molecule has 1 fully saturated rings. The van der Waals surface area contributed by atoms with Crippen LogP contribution in [0.3, 0.4) is 0 Å². The Hall–Kier alpha value is -3.35. The third-order valence-electron chi connectivity index (χ3n) is 5.54. The predicted octanol–water partition coefficient (Wildman–Crippen LogP) is 4.22. The van der Waals surface area contributed by atoms with Gasteiger partial charge in [-0.15, -0.1) is 0 Å². The van der Waals surface area contributed by atoms with Gasteiger partial charge in [-0.25, -0.2) is 4.39 Å². The minimum absolute atomic E-state index is 0.0476. The lowest BCUT2D eigenvalue weighted by atomic mass is 10.0. The van der Waals surface area contributed by atoms with Crippen molar-refractivity contribution in [3.8, 4) is 22.8 Å². The molecule has 1 aliphatic rings. The van der Waals surface area contributed by atoms with E-state index >= 15 is 0 Å². The van der Waals surface area contributed by atoms with Crippen molar-refractivity contribution in [3.05, 3.63) is 65.6 Å². The highest BCUT2D eigenvalue weighted by Gasteiger charge is 2.32. The molecule has 0 spiro atoms. The number of aromatic nitrogens is 2. The van der Waals surface area contributed by atoms with Gasteiger partial charge in [0, 0.05) is 13.6 Å². The van der Waals surface area contributed by atoms with E-state index in [0.29, 0.717) is 23.7 Å². The third-order valence-corrected chi connectivity index (χ3v) is 5.54. The van der Waals surface area contributed by atoms with Gasteiger partial charge in [-0.1, -0.05) is 6.07 Å². The number of rotatable bonds is 5. The summed E-state index contributed by atoms with van der Waals surface area (Å²) in [5.41, 5.74) is 2.96. The average Bonchev–Trinajstić information content (AvgIpc) is 3.40. The number of hydrogen-bond donors (Lipinski definition) is 0. The minimum Gasteiger partial charge on any atom is -0.493 e. The monoisotopic (exact) mass is 409 g/mol. The van der Waals surface area contributed by atoms with Gasteiger partial charge in [-0.05, 0) is 66.4 Å². The zero-order valence-electron chi connectivity index (χ0n) is 17.3. The zero-order chi connectivity index (χ0) is 21.3. The predicted molar refractivity (Wildman–Crippen MR) is 111 cm³/mol. The van der Waals surface area contributed by atoms with Crippen LogP contribution in [0.15, 0.2) is 48.5 Å². The summed E-state index contributed by atoms with van der Waals surface area (Å²) in [4.78, 5) is 15.2. The molecule has 2 aromatic carbocycles. The summed E-state index contributed by atoms with van der Waals surface area (Å²) < 4.78 is 25.6. The highest BCUT2D eigenvalue weighted by Crippen LogP contribution is 2.37. The van der Waals surface area contributed by atoms with Crippen molar-refractivity contribution in [3.63, 3.8) is 0 Å². The van der Waals surface area contributed by atoms with Gasteiger partial charge < -0.3 is 14.4 Å². The van der Waals surface area contributed by atoms with Crippen molar-refractivity contribution < 1.29 is 18.7 Å². The number of benzene rings is 2. The van der Waals surface area contributed by atoms with Crippen LogP contribution in [0, 0.1) is 5.82 Å². The summed E-state index contributed by atoms with van der Waals surface area (Å²) in [5, 5.41) is 4.43.